The number of aliphatic carboxylic acids is 2. The fourth-order valence-electron chi connectivity index (χ4n) is 7.55. The molecule has 0 fully saturated rings. The summed E-state index contributed by atoms with van der Waals surface area (Å²) in [6.45, 7) is 8.90. The van der Waals surface area contributed by atoms with E-state index in [2.05, 4.69) is 11.9 Å². The van der Waals surface area contributed by atoms with E-state index in [9.17, 15) is 47.6 Å². The lowest BCUT2D eigenvalue weighted by atomic mass is 9.85. The van der Waals surface area contributed by atoms with Gasteiger partial charge in [0.2, 0.25) is 0 Å². The lowest BCUT2D eigenvalue weighted by molar-refractivity contribution is -0.897. The molecule has 17 nitrogen and oxygen atoms in total. The molecule has 0 saturated carbocycles. The van der Waals surface area contributed by atoms with Crippen molar-refractivity contribution < 1.29 is 105 Å². The van der Waals surface area contributed by atoms with Gasteiger partial charge in [-0.25, -0.2) is 26.4 Å². The molecule has 1 unspecified atom stereocenters. The van der Waals surface area contributed by atoms with Crippen LogP contribution < -0.4 is 34.5 Å². The Balaban J connectivity index is 0.00000114. The molecule has 2 heterocycles. The maximum atomic E-state index is 12.9. The van der Waals surface area contributed by atoms with Gasteiger partial charge in [-0.15, -0.1) is 0 Å². The summed E-state index contributed by atoms with van der Waals surface area (Å²) in [5.74, 6) is -5.47. The van der Waals surface area contributed by atoms with Gasteiger partial charge in [0.25, 0.3) is 9.05 Å². The van der Waals surface area contributed by atoms with E-state index in [1.165, 1.54) is 11.0 Å². The number of halogens is 13. The second-order valence-corrected chi connectivity index (χ2v) is 23.6. The topological polar surface area (TPSA) is 266 Å². The maximum Gasteiger partial charge on any atom is 0.490 e. The second-order valence-electron chi connectivity index (χ2n) is 17.2. The Morgan fingerprint density at radius 2 is 1.07 bits per heavy atom. The molecule has 82 heavy (non-hydrogen) atoms. The molecule has 32 heteroatoms. The molecule has 0 saturated heterocycles. The number of carboxylic acid groups (broad SMARTS) is 2. The number of rotatable bonds is 20. The quantitative estimate of drug-likeness (QED) is 0.0401. The molecule has 0 amide bonds. The lowest BCUT2D eigenvalue weighted by Gasteiger charge is -2.33. The van der Waals surface area contributed by atoms with Gasteiger partial charge in [-0.3, -0.25) is 4.39 Å². The highest BCUT2D eigenvalue weighted by Crippen LogP contribution is 2.39. The molecular formula is C50H66Cl6F7N5O12S2. The Morgan fingerprint density at radius 3 is 1.50 bits per heavy atom. The summed E-state index contributed by atoms with van der Waals surface area (Å²) in [6, 6.07) is 21.3. The minimum Gasteiger partial charge on any atom is -1.00 e. The summed E-state index contributed by atoms with van der Waals surface area (Å²) < 4.78 is 149. The Labute approximate surface area is 504 Å². The number of nitrogens with one attached hydrogen (secondary N) is 1. The van der Waals surface area contributed by atoms with E-state index in [1.807, 2.05) is 31.3 Å². The molecule has 0 bridgehead atoms. The number of hydrogen-bond acceptors (Lipinski definition) is 14. The highest BCUT2D eigenvalue weighted by molar-refractivity contribution is 8.13. The summed E-state index contributed by atoms with van der Waals surface area (Å²) in [4.78, 5) is 21.7. The van der Waals surface area contributed by atoms with E-state index in [-0.39, 0.29) is 34.9 Å². The van der Waals surface area contributed by atoms with Gasteiger partial charge in [0, 0.05) is 76.6 Å². The van der Waals surface area contributed by atoms with Gasteiger partial charge in [0.15, 0.2) is 9.84 Å². The molecule has 2 aliphatic heterocycles. The molecule has 0 aliphatic carbocycles. The van der Waals surface area contributed by atoms with Gasteiger partial charge in [-0.05, 0) is 89.8 Å². The first kappa shape index (κ1) is 76.6. The second kappa shape index (κ2) is 39.3. The summed E-state index contributed by atoms with van der Waals surface area (Å²) in [7, 11) is 1.41. The minimum atomic E-state index is -5.08. The highest BCUT2D eigenvalue weighted by Gasteiger charge is 2.39. The average molecular weight is 1340 g/mol. The number of carbonyl (C=O) groups is 2. The standard InChI is InChI=1S/C23H30Cl2N2O4S.C16H14Cl3NO2S.C6H16N2O2.2C2HF3O2.CH3F.ClH/c1-27-15-21(20-13-18(24)14-23(25)22(20)16-27)17-4-2-5-19(12-17)32(28,29)11-3-7-30-9-10-31-8-6-26;1-20-8-14(10-3-2-4-12(5-10)23(19,21)22)13-6-11(17)7-16(18)15(13)9-20;7-1-3-9-5-6-10-4-2-8;2*3-2(4,5)1(6)7;1-2;/h2,4-5,12-14,21H,3,6-11,15-16,26H2,1H3;2-7,14H,8-9H2,1H3;1-8H2;2*(H,6,7);1H3;1H/t21-;14-;;;;;/m00...../s1/i;;;;;1D;. The third kappa shape index (κ3) is 29.1. The molecule has 4 aromatic carbocycles. The van der Waals surface area contributed by atoms with Crippen molar-refractivity contribution in [3.8, 4) is 0 Å². The number of nitrogens with zero attached hydrogens (tertiary/aromatic N) is 1. The van der Waals surface area contributed by atoms with Crippen LogP contribution >= 0.6 is 57.1 Å². The van der Waals surface area contributed by atoms with E-state index >= 15 is 0 Å². The number of likely N-dealkylation sites (N-methyl/N-ethyl adjacent to an activating group) is 2. The molecule has 0 spiro atoms. The lowest BCUT2D eigenvalue weighted by Crippen LogP contribution is -3.09. The average Bonchev–Trinajstić information content (AvgIpc) is 3.53. The van der Waals surface area contributed by atoms with Crippen molar-refractivity contribution in [1.82, 2.24) is 4.90 Å². The molecule has 466 valence electrons. The zero-order valence-corrected chi connectivity index (χ0v) is 50.4. The molecule has 0 radical (unpaired) electrons. The monoisotopic (exact) mass is 1340 g/mol. The molecule has 4 aromatic rings. The van der Waals surface area contributed by atoms with Gasteiger partial charge >= 0.3 is 24.3 Å². The van der Waals surface area contributed by atoms with E-state index in [0.29, 0.717) is 104 Å². The SMILES string of the molecule is CN1Cc2c(Cl)cc(Cl)cc2[C@H](c2cccc(S(=O)(=O)CCCOCCOCCN)c2)C1.C[NH+]1Cc2c(Cl)cc(Cl)cc2[C@H](c2cccc(S(=O)(=O)Cl)c2)C1.NCCOCCOCCN.O=C(O)C(F)(F)F.O=C(O)C(F)(F)F.[2H]CF.[Cl-]. The maximum absolute atomic E-state index is 12.9. The molecular weight excluding hydrogens is 1270 g/mol. The first-order valence-electron chi connectivity index (χ1n) is 24.7. The molecule has 2 aliphatic rings. The van der Waals surface area contributed by atoms with Gasteiger partial charge in [0.05, 0.1) is 94.8 Å². The van der Waals surface area contributed by atoms with Gasteiger partial charge in [-0.1, -0.05) is 70.7 Å². The van der Waals surface area contributed by atoms with E-state index < -0.39 is 50.3 Å². The fraction of sp³-hybridized carbons (Fsp3) is 0.480. The van der Waals surface area contributed by atoms with Gasteiger partial charge < -0.3 is 68.6 Å². The number of sulfone groups is 1. The summed E-state index contributed by atoms with van der Waals surface area (Å²) >= 11 is 25.3. The minimum absolute atomic E-state index is 0. The number of benzene rings is 4. The molecule has 6 rings (SSSR count). The van der Waals surface area contributed by atoms with Crippen LogP contribution in [0.3, 0.4) is 0 Å². The number of carboxylic acids is 2. The summed E-state index contributed by atoms with van der Waals surface area (Å²) in [5, 5.41) is 16.7. The smallest absolute Gasteiger partial charge is 0.490 e. The van der Waals surface area contributed by atoms with Crippen molar-refractivity contribution >= 4 is 87.9 Å². The largest absolute Gasteiger partial charge is 1.00 e. The van der Waals surface area contributed by atoms with Crippen LogP contribution in [0.4, 0.5) is 30.7 Å². The van der Waals surface area contributed by atoms with E-state index in [0.717, 1.165) is 59.6 Å². The number of ether oxygens (including phenoxy) is 4. The van der Waals surface area contributed by atoms with Gasteiger partial charge in [-0.2, -0.15) is 26.3 Å². The van der Waals surface area contributed by atoms with Crippen LogP contribution in [0.5, 0.6) is 0 Å². The van der Waals surface area contributed by atoms with Gasteiger partial charge in [0.1, 0.15) is 6.54 Å². The van der Waals surface area contributed by atoms with E-state index in [1.54, 1.807) is 42.5 Å². The first-order valence-corrected chi connectivity index (χ1v) is 29.5. The normalized spacial score (nSPS) is 15.9. The Kier molecular flexibility index (Phi) is 36.8. The molecule has 9 N–H and O–H groups in total. The number of hydrogen-bond donors (Lipinski definition) is 6. The summed E-state index contributed by atoms with van der Waals surface area (Å²) in [6.07, 6.45) is -9.75. The van der Waals surface area contributed by atoms with Crippen molar-refractivity contribution in [3.63, 3.8) is 0 Å². The zero-order valence-electron chi connectivity index (χ0n) is 45.2. The Bertz CT molecular complexity index is 2800. The third-order valence-corrected chi connectivity index (χ3v) is 15.2. The number of fused-ring (bicyclic) bond motifs is 2. The number of nitrogens with two attached hydrogens (primary N) is 3. The predicted molar refractivity (Wildman–Crippen MR) is 296 cm³/mol. The fourth-order valence-corrected chi connectivity index (χ4v) is 10.8. The van der Waals surface area contributed by atoms with Crippen molar-refractivity contribution in [2.75, 3.05) is 113 Å². The molecule has 0 aromatic heterocycles. The van der Waals surface area contributed by atoms with Crippen LogP contribution in [0.25, 0.3) is 0 Å². The first-order chi connectivity index (χ1) is 38.3. The number of alkyl halides is 7. The van der Waals surface area contributed by atoms with Crippen LogP contribution in [0.2, 0.25) is 20.1 Å². The van der Waals surface area contributed by atoms with Crippen LogP contribution in [-0.2, 0) is 60.5 Å². The van der Waals surface area contributed by atoms with Crippen molar-refractivity contribution in [2.24, 2.45) is 17.2 Å². The Hall–Kier alpha value is -3.39. The van der Waals surface area contributed by atoms with Crippen molar-refractivity contribution in [1.29, 1.82) is 0 Å². The van der Waals surface area contributed by atoms with Crippen LogP contribution in [0.1, 0.15) is 53.0 Å². The molecule has 3 atom stereocenters. The van der Waals surface area contributed by atoms with Crippen molar-refractivity contribution in [3.05, 3.63) is 126 Å². The van der Waals surface area contributed by atoms with E-state index in [4.69, 9.17) is 114 Å². The van der Waals surface area contributed by atoms with Crippen molar-refractivity contribution in [2.45, 2.75) is 53.5 Å². The van der Waals surface area contributed by atoms with Crippen LogP contribution in [0.15, 0.2) is 82.6 Å². The predicted octanol–water partition coefficient (Wildman–Crippen LogP) is 4.60. The summed E-state index contributed by atoms with van der Waals surface area (Å²) in [5.41, 5.74) is 21.8. The third-order valence-electron chi connectivity index (χ3n) is 11.0. The number of quaternary nitrogens is 1. The van der Waals surface area contributed by atoms with Crippen LogP contribution in [-0.4, -0.2) is 169 Å². The zero-order chi connectivity index (χ0) is 62.4. The highest BCUT2D eigenvalue weighted by atomic mass is 35.7. The Morgan fingerprint density at radius 1 is 0.683 bits per heavy atom. The van der Waals surface area contributed by atoms with Crippen LogP contribution in [0, 0.1) is 0 Å².